The second-order valence-electron chi connectivity index (χ2n) is 9.94. The van der Waals surface area contributed by atoms with Crippen molar-refractivity contribution < 1.29 is 45.0 Å². The average Bonchev–Trinajstić information content (AvgIpc) is 3.04. The van der Waals surface area contributed by atoms with Gasteiger partial charge in [0.15, 0.2) is 5.65 Å². The van der Waals surface area contributed by atoms with Gasteiger partial charge in [-0.1, -0.05) is 36.8 Å². The molecule has 17 heteroatoms. The summed E-state index contributed by atoms with van der Waals surface area (Å²) in [6, 6.07) is 11.5. The summed E-state index contributed by atoms with van der Waals surface area (Å²) < 4.78 is 93.8. The predicted octanol–water partition coefficient (Wildman–Crippen LogP) is 5.63. The van der Waals surface area contributed by atoms with E-state index in [9.17, 15) is 40.3 Å². The lowest BCUT2D eigenvalue weighted by Crippen LogP contribution is -2.58. The number of hydrogen-bond acceptors (Lipinski definition) is 8. The molecule has 1 fully saturated rings. The summed E-state index contributed by atoms with van der Waals surface area (Å²) in [5.74, 6) is -4.37. The standard InChI is InChI=1S/C19H16F3N5O5S.C10H12F2N/c20-19(21,22)32-12-3-5-13(6-4-12)33(30,31)27-9-8-26(11-15(27)18(28)29)16-10-24-14-2-1-7-23-17(14)25-16;1-2-10(11,12)9-5-3-8(7-13)4-6-9/h1-7,10,15H,8-9,11H2,(H,28,29);3-6,13H,2,7H2,1H3/q;-1/t15-;/m1./s1. The molecule has 0 aliphatic carbocycles. The maximum absolute atomic E-state index is 13.1. The lowest BCUT2D eigenvalue weighted by Gasteiger charge is -2.38. The first-order chi connectivity index (χ1) is 21.6. The molecule has 2 aromatic carbocycles. The van der Waals surface area contributed by atoms with Crippen molar-refractivity contribution in [3.8, 4) is 5.75 Å². The zero-order chi connectivity index (χ0) is 33.7. The molecule has 0 spiro atoms. The van der Waals surface area contributed by atoms with Crippen molar-refractivity contribution in [3.63, 3.8) is 0 Å². The zero-order valence-corrected chi connectivity index (χ0v) is 25.0. The van der Waals surface area contributed by atoms with Crippen molar-refractivity contribution in [2.45, 2.75) is 43.1 Å². The van der Waals surface area contributed by atoms with Gasteiger partial charge in [-0.2, -0.15) is 4.31 Å². The number of anilines is 1. The smallest absolute Gasteiger partial charge is 0.573 e. The monoisotopic (exact) mass is 667 g/mol. The van der Waals surface area contributed by atoms with E-state index in [-0.39, 0.29) is 43.1 Å². The van der Waals surface area contributed by atoms with Gasteiger partial charge in [-0.05, 0) is 36.4 Å². The molecular weight excluding hydrogens is 639 g/mol. The molecule has 0 bridgehead atoms. The third-order valence-corrected chi connectivity index (χ3v) is 8.86. The largest absolute Gasteiger partial charge is 0.674 e. The highest BCUT2D eigenvalue weighted by Crippen LogP contribution is 2.31. The molecule has 11 nitrogen and oxygen atoms in total. The molecule has 46 heavy (non-hydrogen) atoms. The molecule has 246 valence electrons. The number of sulfonamides is 1. The van der Waals surface area contributed by atoms with Gasteiger partial charge >= 0.3 is 12.3 Å². The van der Waals surface area contributed by atoms with E-state index in [4.69, 9.17) is 5.73 Å². The molecule has 2 aromatic heterocycles. The van der Waals surface area contributed by atoms with Crippen LogP contribution in [-0.4, -0.2) is 70.8 Å². The van der Waals surface area contributed by atoms with Crippen LogP contribution in [0.3, 0.4) is 0 Å². The zero-order valence-electron chi connectivity index (χ0n) is 24.2. The van der Waals surface area contributed by atoms with E-state index in [0.29, 0.717) is 17.0 Å². The molecule has 1 aliphatic rings. The number of rotatable bonds is 8. The van der Waals surface area contributed by atoms with Crippen molar-refractivity contribution in [1.29, 1.82) is 0 Å². The van der Waals surface area contributed by atoms with E-state index in [1.165, 1.54) is 31.5 Å². The molecule has 4 aromatic rings. The Balaban J connectivity index is 0.000000310. The Morgan fingerprint density at radius 2 is 1.70 bits per heavy atom. The van der Waals surface area contributed by atoms with Crippen LogP contribution < -0.4 is 9.64 Å². The third-order valence-electron chi connectivity index (χ3n) is 6.93. The number of nitrogens with zero attached hydrogens (tertiary/aromatic N) is 5. The number of aliphatic carboxylic acids is 1. The van der Waals surface area contributed by atoms with E-state index in [1.807, 2.05) is 0 Å². The molecule has 0 radical (unpaired) electrons. The van der Waals surface area contributed by atoms with E-state index in [2.05, 4.69) is 19.7 Å². The fourth-order valence-corrected chi connectivity index (χ4v) is 6.04. The van der Waals surface area contributed by atoms with Crippen LogP contribution in [0.4, 0.5) is 27.8 Å². The topological polar surface area (TPSA) is 150 Å². The minimum absolute atomic E-state index is 0.0344. The molecule has 0 amide bonds. The fourth-order valence-electron chi connectivity index (χ4n) is 4.47. The van der Waals surface area contributed by atoms with Crippen LogP contribution in [0.15, 0.2) is 78.0 Å². The Morgan fingerprint density at radius 1 is 1.02 bits per heavy atom. The van der Waals surface area contributed by atoms with Crippen molar-refractivity contribution in [2.24, 2.45) is 0 Å². The molecule has 2 N–H and O–H groups in total. The minimum Gasteiger partial charge on any atom is -0.674 e. The summed E-state index contributed by atoms with van der Waals surface area (Å²) in [5.41, 5.74) is 8.73. The Hall–Kier alpha value is -4.48. The Kier molecular flexibility index (Phi) is 10.4. The highest BCUT2D eigenvalue weighted by molar-refractivity contribution is 7.89. The number of carboxylic acids is 1. The van der Waals surface area contributed by atoms with Gasteiger partial charge in [-0.3, -0.25) is 4.79 Å². The van der Waals surface area contributed by atoms with Crippen LogP contribution in [0.2, 0.25) is 0 Å². The Bertz CT molecular complexity index is 1760. The van der Waals surface area contributed by atoms with Gasteiger partial charge in [0, 0.05) is 37.8 Å². The van der Waals surface area contributed by atoms with Gasteiger partial charge in [0.25, 0.3) is 5.92 Å². The van der Waals surface area contributed by atoms with Gasteiger partial charge in [-0.25, -0.2) is 32.2 Å². The average molecular weight is 668 g/mol. The van der Waals surface area contributed by atoms with Crippen molar-refractivity contribution in [1.82, 2.24) is 19.3 Å². The first kappa shape index (κ1) is 34.4. The first-order valence-electron chi connectivity index (χ1n) is 13.7. The number of pyridine rings is 1. The maximum Gasteiger partial charge on any atom is 0.573 e. The number of ether oxygens (including phenoxy) is 1. The number of carboxylic acid groups (broad SMARTS) is 1. The van der Waals surface area contributed by atoms with E-state index >= 15 is 0 Å². The quantitative estimate of drug-likeness (QED) is 0.236. The van der Waals surface area contributed by atoms with Crippen LogP contribution in [0.5, 0.6) is 5.75 Å². The van der Waals surface area contributed by atoms with E-state index in [1.54, 1.807) is 29.2 Å². The van der Waals surface area contributed by atoms with Crippen molar-refractivity contribution in [2.75, 3.05) is 24.5 Å². The maximum atomic E-state index is 13.1. The second kappa shape index (κ2) is 13.9. The number of piperazine rings is 1. The lowest BCUT2D eigenvalue weighted by atomic mass is 10.0. The predicted molar refractivity (Wildman–Crippen MR) is 157 cm³/mol. The molecule has 1 saturated heterocycles. The number of fused-ring (bicyclic) bond motifs is 1. The molecule has 1 atom stereocenters. The van der Waals surface area contributed by atoms with Crippen LogP contribution in [0, 0.1) is 0 Å². The fraction of sp³-hybridized carbons (Fsp3) is 0.310. The third kappa shape index (κ3) is 8.21. The second-order valence-corrected chi connectivity index (χ2v) is 11.8. The van der Waals surface area contributed by atoms with Gasteiger partial charge in [0.1, 0.15) is 23.1 Å². The van der Waals surface area contributed by atoms with Gasteiger partial charge in [0.2, 0.25) is 10.0 Å². The molecule has 0 saturated carbocycles. The number of nitrogens with one attached hydrogen (secondary N) is 1. The van der Waals surface area contributed by atoms with Gasteiger partial charge in [0.05, 0.1) is 11.1 Å². The van der Waals surface area contributed by atoms with Crippen LogP contribution in [-0.2, 0) is 27.3 Å². The highest BCUT2D eigenvalue weighted by atomic mass is 32.2. The number of alkyl halides is 5. The highest BCUT2D eigenvalue weighted by Gasteiger charge is 2.41. The van der Waals surface area contributed by atoms with Crippen molar-refractivity contribution >= 4 is 33.0 Å². The van der Waals surface area contributed by atoms with Crippen LogP contribution >= 0.6 is 0 Å². The number of aromatic nitrogens is 3. The van der Waals surface area contributed by atoms with Crippen molar-refractivity contribution in [3.05, 3.63) is 89.9 Å². The SMILES string of the molecule is CCC(F)(F)c1ccc(C[NH-])cc1.O=C(O)[C@H]1CN(c2cnc3cccnc3n2)CCN1S(=O)(=O)c1ccc(OC(F)(F)F)cc1. The van der Waals surface area contributed by atoms with Crippen LogP contribution in [0.25, 0.3) is 16.9 Å². The first-order valence-corrected chi connectivity index (χ1v) is 15.1. The molecule has 0 unspecified atom stereocenters. The summed E-state index contributed by atoms with van der Waals surface area (Å²) in [4.78, 5) is 25.9. The molecule has 1 aliphatic heterocycles. The number of halogens is 5. The summed E-state index contributed by atoms with van der Waals surface area (Å²) in [6.07, 6.45) is -2.12. The van der Waals surface area contributed by atoms with Gasteiger partial charge in [-0.15, -0.1) is 19.7 Å². The minimum atomic E-state index is -4.92. The normalized spacial score (nSPS) is 16.1. The Morgan fingerprint density at radius 3 is 2.28 bits per heavy atom. The number of hydrogen-bond donors (Lipinski definition) is 1. The summed E-state index contributed by atoms with van der Waals surface area (Å²) in [6.45, 7) is 1.31. The molecule has 3 heterocycles. The van der Waals surface area contributed by atoms with Gasteiger partial charge < -0.3 is 20.5 Å². The summed E-state index contributed by atoms with van der Waals surface area (Å²) >= 11 is 0. The lowest BCUT2D eigenvalue weighted by molar-refractivity contribution is -0.274. The number of carbonyl (C=O) groups is 1. The summed E-state index contributed by atoms with van der Waals surface area (Å²) in [5, 5.41) is 9.70. The number of benzene rings is 2. The molecule has 5 rings (SSSR count). The van der Waals surface area contributed by atoms with E-state index < -0.39 is 40.1 Å². The van der Waals surface area contributed by atoms with Crippen LogP contribution in [0.1, 0.15) is 24.5 Å². The Labute approximate surface area is 260 Å². The van der Waals surface area contributed by atoms with E-state index in [0.717, 1.165) is 34.1 Å². The molecular formula is C29H28F5N6O5S-. The summed E-state index contributed by atoms with van der Waals surface area (Å²) in [7, 11) is -4.32.